The van der Waals surface area contributed by atoms with Gasteiger partial charge < -0.3 is 10.6 Å². The Balaban J connectivity index is 3.06. The van der Waals surface area contributed by atoms with Crippen LogP contribution in [0.15, 0.2) is 16.6 Å². The van der Waals surface area contributed by atoms with Gasteiger partial charge in [0.2, 0.25) is 0 Å². The molecule has 0 aromatic heterocycles. The second kappa shape index (κ2) is 7.08. The minimum absolute atomic E-state index is 0.222. The van der Waals surface area contributed by atoms with Crippen molar-refractivity contribution in [2.75, 3.05) is 13.1 Å². The van der Waals surface area contributed by atoms with E-state index in [-0.39, 0.29) is 21.9 Å². The van der Waals surface area contributed by atoms with Crippen LogP contribution in [0.3, 0.4) is 0 Å². The highest BCUT2D eigenvalue weighted by Crippen LogP contribution is 2.21. The van der Waals surface area contributed by atoms with E-state index in [1.54, 1.807) is 13.8 Å². The first-order valence-corrected chi connectivity index (χ1v) is 7.21. The quantitative estimate of drug-likeness (QED) is 0.816. The summed E-state index contributed by atoms with van der Waals surface area (Å²) in [7, 11) is 0. The molecule has 1 atom stereocenters. The second-order valence-electron chi connectivity index (χ2n) is 4.39. The molecule has 0 radical (unpaired) electrons. The second-order valence-corrected chi connectivity index (χ2v) is 5.78. The van der Waals surface area contributed by atoms with Gasteiger partial charge in [-0.15, -0.1) is 0 Å². The third-order valence-electron chi connectivity index (χ3n) is 2.87. The van der Waals surface area contributed by atoms with Crippen LogP contribution in [-0.4, -0.2) is 28.9 Å². The van der Waals surface area contributed by atoms with E-state index in [1.807, 2.05) is 0 Å². The molecule has 3 nitrogen and oxygen atoms in total. The number of benzene rings is 1. The predicted molar refractivity (Wildman–Crippen MR) is 81.6 cm³/mol. The van der Waals surface area contributed by atoms with Crippen LogP contribution in [0.25, 0.3) is 0 Å². The number of carbonyl (C=O) groups excluding carboxylic acids is 1. The molecule has 0 aliphatic rings. The lowest BCUT2D eigenvalue weighted by Crippen LogP contribution is -2.38. The van der Waals surface area contributed by atoms with E-state index in [4.69, 9.17) is 18.0 Å². The molecule has 0 bridgehead atoms. The Hall–Kier alpha value is -1.08. The molecule has 1 rings (SSSR count). The van der Waals surface area contributed by atoms with Crippen molar-refractivity contribution in [3.63, 3.8) is 0 Å². The van der Waals surface area contributed by atoms with E-state index in [2.05, 4.69) is 15.9 Å². The van der Waals surface area contributed by atoms with Crippen LogP contribution < -0.4 is 5.73 Å². The molecule has 0 saturated carbocycles. The van der Waals surface area contributed by atoms with Crippen molar-refractivity contribution >= 4 is 39.0 Å². The molecule has 1 amide bonds. The highest BCUT2D eigenvalue weighted by molar-refractivity contribution is 9.10. The molecule has 1 unspecified atom stereocenters. The Morgan fingerprint density at radius 3 is 2.35 bits per heavy atom. The summed E-state index contributed by atoms with van der Waals surface area (Å²) >= 11 is 7.81. The van der Waals surface area contributed by atoms with Crippen LogP contribution >= 0.6 is 28.1 Å². The Bertz CT molecular complexity index is 516. The molecule has 110 valence electrons. The Morgan fingerprint density at radius 1 is 1.45 bits per heavy atom. The highest BCUT2D eigenvalue weighted by Gasteiger charge is 2.24. The van der Waals surface area contributed by atoms with Crippen molar-refractivity contribution in [3.8, 4) is 0 Å². The molecular formula is C13H15BrF2N2OS. The van der Waals surface area contributed by atoms with Crippen molar-refractivity contribution in [2.45, 2.75) is 13.8 Å². The summed E-state index contributed by atoms with van der Waals surface area (Å²) < 4.78 is 27.8. The number of thiocarbonyl (C=S) groups is 1. The minimum Gasteiger partial charge on any atom is -0.393 e. The highest BCUT2D eigenvalue weighted by atomic mass is 79.9. The number of hydrogen-bond donors (Lipinski definition) is 1. The van der Waals surface area contributed by atoms with Crippen molar-refractivity contribution < 1.29 is 13.6 Å². The fourth-order valence-electron chi connectivity index (χ4n) is 1.68. The Morgan fingerprint density at radius 2 is 1.95 bits per heavy atom. The molecule has 2 N–H and O–H groups in total. The van der Waals surface area contributed by atoms with Crippen molar-refractivity contribution in [2.24, 2.45) is 11.7 Å². The third kappa shape index (κ3) is 3.96. The SMILES string of the molecule is CCN(CC(C)C(N)=S)C(=O)c1c(F)cc(Br)cc1F. The normalized spacial score (nSPS) is 12.1. The predicted octanol–water partition coefficient (Wildman–Crippen LogP) is 3.11. The molecule has 0 aliphatic carbocycles. The van der Waals surface area contributed by atoms with Crippen LogP contribution in [0.5, 0.6) is 0 Å². The van der Waals surface area contributed by atoms with Gasteiger partial charge in [-0.1, -0.05) is 35.1 Å². The topological polar surface area (TPSA) is 46.3 Å². The first-order chi connectivity index (χ1) is 9.27. The number of halogens is 3. The van der Waals surface area contributed by atoms with Gasteiger partial charge in [0.05, 0.1) is 4.99 Å². The lowest BCUT2D eigenvalue weighted by atomic mass is 10.1. The van der Waals surface area contributed by atoms with Crippen LogP contribution in [0.1, 0.15) is 24.2 Å². The summed E-state index contributed by atoms with van der Waals surface area (Å²) in [5.41, 5.74) is 4.93. The Labute approximate surface area is 130 Å². The van der Waals surface area contributed by atoms with Gasteiger partial charge in [0.15, 0.2) is 0 Å². The monoisotopic (exact) mass is 364 g/mol. The molecule has 0 saturated heterocycles. The van der Waals surface area contributed by atoms with Gasteiger partial charge in [-0.3, -0.25) is 4.79 Å². The molecule has 0 aliphatic heterocycles. The first-order valence-electron chi connectivity index (χ1n) is 6.01. The molecule has 1 aromatic carbocycles. The summed E-state index contributed by atoms with van der Waals surface area (Å²) in [6.45, 7) is 4.01. The lowest BCUT2D eigenvalue weighted by Gasteiger charge is -2.24. The fraction of sp³-hybridized carbons (Fsp3) is 0.385. The lowest BCUT2D eigenvalue weighted by molar-refractivity contribution is 0.0745. The van der Waals surface area contributed by atoms with Gasteiger partial charge in [-0.25, -0.2) is 8.78 Å². The average molecular weight is 365 g/mol. The Kier molecular flexibility index (Phi) is 6.01. The summed E-state index contributed by atoms with van der Waals surface area (Å²) in [4.78, 5) is 13.8. The summed E-state index contributed by atoms with van der Waals surface area (Å²) in [6, 6.07) is 2.11. The van der Waals surface area contributed by atoms with E-state index >= 15 is 0 Å². The molecule has 20 heavy (non-hydrogen) atoms. The maximum Gasteiger partial charge on any atom is 0.259 e. The molecule has 0 heterocycles. The zero-order chi connectivity index (χ0) is 15.4. The summed E-state index contributed by atoms with van der Waals surface area (Å²) in [6.07, 6.45) is 0. The van der Waals surface area contributed by atoms with Gasteiger partial charge in [0.1, 0.15) is 17.2 Å². The van der Waals surface area contributed by atoms with Crippen LogP contribution in [-0.2, 0) is 0 Å². The summed E-state index contributed by atoms with van der Waals surface area (Å²) in [5.74, 6) is -2.74. The van der Waals surface area contributed by atoms with Crippen LogP contribution in [0.4, 0.5) is 8.78 Å². The van der Waals surface area contributed by atoms with Crippen molar-refractivity contribution in [1.82, 2.24) is 4.90 Å². The van der Waals surface area contributed by atoms with Gasteiger partial charge in [0.25, 0.3) is 5.91 Å². The number of nitrogens with two attached hydrogens (primary N) is 1. The minimum atomic E-state index is -0.900. The fourth-order valence-corrected chi connectivity index (χ4v) is 2.16. The van der Waals surface area contributed by atoms with Gasteiger partial charge >= 0.3 is 0 Å². The zero-order valence-corrected chi connectivity index (χ0v) is 13.5. The smallest absolute Gasteiger partial charge is 0.259 e. The van der Waals surface area contributed by atoms with Crippen molar-refractivity contribution in [3.05, 3.63) is 33.8 Å². The molecule has 0 fully saturated rings. The van der Waals surface area contributed by atoms with Crippen LogP contribution in [0, 0.1) is 17.6 Å². The van der Waals surface area contributed by atoms with Crippen LogP contribution in [0.2, 0.25) is 0 Å². The number of hydrogen-bond acceptors (Lipinski definition) is 2. The maximum atomic E-state index is 13.8. The van der Waals surface area contributed by atoms with E-state index in [9.17, 15) is 13.6 Å². The zero-order valence-electron chi connectivity index (χ0n) is 11.1. The van der Waals surface area contributed by atoms with Gasteiger partial charge in [-0.2, -0.15) is 0 Å². The standard InChI is InChI=1S/C13H15BrF2N2OS/c1-3-18(6-7(2)12(17)20)13(19)11-9(15)4-8(14)5-10(11)16/h4-5,7H,3,6H2,1-2H3,(H2,17,20). The summed E-state index contributed by atoms with van der Waals surface area (Å²) in [5, 5.41) is 0. The number of rotatable bonds is 5. The van der Waals surface area contributed by atoms with Gasteiger partial charge in [-0.05, 0) is 19.1 Å². The molecule has 1 aromatic rings. The average Bonchev–Trinajstić information content (AvgIpc) is 2.33. The van der Waals surface area contributed by atoms with Crippen molar-refractivity contribution in [1.29, 1.82) is 0 Å². The van der Waals surface area contributed by atoms with E-state index in [1.165, 1.54) is 4.90 Å². The number of carbonyl (C=O) groups is 1. The number of amides is 1. The van der Waals surface area contributed by atoms with E-state index < -0.39 is 23.1 Å². The maximum absolute atomic E-state index is 13.8. The number of nitrogens with zero attached hydrogens (tertiary/aromatic N) is 1. The largest absolute Gasteiger partial charge is 0.393 e. The third-order valence-corrected chi connectivity index (χ3v) is 3.73. The van der Waals surface area contributed by atoms with E-state index in [0.717, 1.165) is 12.1 Å². The molecule has 0 spiro atoms. The first kappa shape index (κ1) is 17.0. The van der Waals surface area contributed by atoms with Gasteiger partial charge in [0, 0.05) is 23.5 Å². The molecular weight excluding hydrogens is 350 g/mol. The van der Waals surface area contributed by atoms with E-state index in [0.29, 0.717) is 6.54 Å². The molecule has 7 heteroatoms.